The smallest absolute Gasteiger partial charge is 0.122 e. The van der Waals surface area contributed by atoms with Crippen LogP contribution in [0.1, 0.15) is 110 Å². The van der Waals surface area contributed by atoms with Gasteiger partial charge in [-0.25, -0.2) is 0 Å². The molecule has 2 nitrogen and oxygen atoms in total. The molecule has 1 rings (SSSR count). The molecule has 0 aliphatic carbocycles. The topological polar surface area (TPSA) is 40.5 Å². The molecule has 2 N–H and O–H groups in total. The van der Waals surface area contributed by atoms with Crippen molar-refractivity contribution in [3.05, 3.63) is 34.4 Å². The molecular formula is C28H48O2. The summed E-state index contributed by atoms with van der Waals surface area (Å²) in [5.74, 6) is 2.83. The summed E-state index contributed by atoms with van der Waals surface area (Å²) in [6.07, 6.45) is 14.6. The molecule has 172 valence electrons. The van der Waals surface area contributed by atoms with Crippen LogP contribution in [0.2, 0.25) is 0 Å². The first-order valence-corrected chi connectivity index (χ1v) is 12.1. The summed E-state index contributed by atoms with van der Waals surface area (Å²) >= 11 is 0. The van der Waals surface area contributed by atoms with Gasteiger partial charge in [-0.05, 0) is 75.0 Å². The van der Waals surface area contributed by atoms with Gasteiger partial charge in [0.05, 0.1) is 0 Å². The van der Waals surface area contributed by atoms with Crippen LogP contribution in [-0.2, 0) is 6.42 Å². The van der Waals surface area contributed by atoms with E-state index in [4.69, 9.17) is 1.37 Å². The molecule has 2 heteroatoms. The lowest BCUT2D eigenvalue weighted by molar-refractivity contribution is 0.389. The Morgan fingerprint density at radius 1 is 1.00 bits per heavy atom. The fraction of sp³-hybridized carbons (Fsp3) is 0.714. The first-order chi connectivity index (χ1) is 14.6. The maximum absolute atomic E-state index is 10.4. The van der Waals surface area contributed by atoms with Gasteiger partial charge in [-0.2, -0.15) is 0 Å². The number of allylic oxidation sites excluding steroid dienone is 2. The highest BCUT2D eigenvalue weighted by Crippen LogP contribution is 2.32. The van der Waals surface area contributed by atoms with Crippen molar-refractivity contribution in [2.45, 2.75) is 113 Å². The van der Waals surface area contributed by atoms with Crippen molar-refractivity contribution in [3.8, 4) is 11.5 Å². The minimum atomic E-state index is -0.0182. The van der Waals surface area contributed by atoms with Crippen LogP contribution in [0, 0.1) is 31.6 Å². The van der Waals surface area contributed by atoms with Crippen LogP contribution in [0.5, 0.6) is 11.5 Å². The van der Waals surface area contributed by atoms with Gasteiger partial charge in [0.2, 0.25) is 0 Å². The molecule has 30 heavy (non-hydrogen) atoms. The van der Waals surface area contributed by atoms with Crippen LogP contribution in [0.15, 0.2) is 17.7 Å². The number of hydrogen-bond donors (Lipinski definition) is 2. The van der Waals surface area contributed by atoms with E-state index in [0.29, 0.717) is 17.5 Å². The Balaban J connectivity index is 2.31. The quantitative estimate of drug-likeness (QED) is 0.233. The molecule has 0 aliphatic heterocycles. The third-order valence-electron chi connectivity index (χ3n) is 6.54. The number of aromatic hydroxyl groups is 2. The molecular weight excluding hydrogens is 370 g/mol. The second-order valence-electron chi connectivity index (χ2n) is 10.1. The van der Waals surface area contributed by atoms with E-state index in [1.807, 2.05) is 0 Å². The molecule has 0 spiro atoms. The highest BCUT2D eigenvalue weighted by Gasteiger charge is 2.11. The van der Waals surface area contributed by atoms with Crippen molar-refractivity contribution in [1.82, 2.24) is 0 Å². The van der Waals surface area contributed by atoms with Gasteiger partial charge in [0.25, 0.3) is 0 Å². The van der Waals surface area contributed by atoms with E-state index in [1.165, 1.54) is 56.9 Å². The van der Waals surface area contributed by atoms with Gasteiger partial charge in [-0.3, -0.25) is 0 Å². The number of hydrogen-bond acceptors (Lipinski definition) is 2. The summed E-state index contributed by atoms with van der Waals surface area (Å²) in [4.78, 5) is 0. The SMILES string of the molecule is [3H][14CH2]c1c(O)cc(C/C=C(\C)CCC[C@H](C)CCC[C@H](C)CCCC(C)C)c(O)c1C. The Morgan fingerprint density at radius 2 is 1.57 bits per heavy atom. The largest absolute Gasteiger partial charge is 0.508 e. The maximum Gasteiger partial charge on any atom is 0.122 e. The summed E-state index contributed by atoms with van der Waals surface area (Å²) < 4.78 is 7.49. The number of rotatable bonds is 14. The van der Waals surface area contributed by atoms with E-state index in [-0.39, 0.29) is 18.4 Å². The third-order valence-corrected chi connectivity index (χ3v) is 6.54. The van der Waals surface area contributed by atoms with Gasteiger partial charge in [0.15, 0.2) is 0 Å². The van der Waals surface area contributed by atoms with Crippen molar-refractivity contribution in [2.24, 2.45) is 17.8 Å². The summed E-state index contributed by atoms with van der Waals surface area (Å²) in [6, 6.07) is 1.61. The Bertz CT molecular complexity index is 678. The van der Waals surface area contributed by atoms with Crippen molar-refractivity contribution < 1.29 is 11.6 Å². The second-order valence-corrected chi connectivity index (χ2v) is 10.1. The highest BCUT2D eigenvalue weighted by molar-refractivity contribution is 5.51. The lowest BCUT2D eigenvalue weighted by atomic mass is 9.91. The Kier molecular flexibility index (Phi) is 11.4. The van der Waals surface area contributed by atoms with Gasteiger partial charge in [0.1, 0.15) is 11.5 Å². The lowest BCUT2D eigenvalue weighted by Gasteiger charge is -2.15. The molecule has 0 bridgehead atoms. The Hall–Kier alpha value is -1.44. The fourth-order valence-corrected chi connectivity index (χ4v) is 4.15. The zero-order valence-corrected chi connectivity index (χ0v) is 20.6. The predicted molar refractivity (Wildman–Crippen MR) is 131 cm³/mol. The monoisotopic (exact) mass is 420 g/mol. The number of phenolic OH excluding ortho intramolecular Hbond substituents is 2. The predicted octanol–water partition coefficient (Wildman–Crippen LogP) is 8.64. The minimum Gasteiger partial charge on any atom is -0.508 e. The van der Waals surface area contributed by atoms with E-state index in [2.05, 4.69) is 40.7 Å². The van der Waals surface area contributed by atoms with E-state index in [1.54, 1.807) is 13.0 Å². The molecule has 2 atom stereocenters. The summed E-state index contributed by atoms with van der Waals surface area (Å²) in [5.41, 5.74) is 3.22. The first-order valence-electron chi connectivity index (χ1n) is 12.8. The third kappa shape index (κ3) is 10.0. The fourth-order valence-electron chi connectivity index (χ4n) is 4.15. The van der Waals surface area contributed by atoms with E-state index in [9.17, 15) is 10.2 Å². The Labute approximate surface area is 188 Å². The molecule has 0 saturated heterocycles. The molecule has 0 saturated carbocycles. The van der Waals surface area contributed by atoms with Gasteiger partial charge in [-0.1, -0.05) is 84.3 Å². The van der Waals surface area contributed by atoms with E-state index < -0.39 is 0 Å². The summed E-state index contributed by atoms with van der Waals surface area (Å²) in [5, 5.41) is 20.4. The van der Waals surface area contributed by atoms with Crippen molar-refractivity contribution in [2.75, 3.05) is 0 Å². The maximum atomic E-state index is 10.4. The summed E-state index contributed by atoms with van der Waals surface area (Å²) in [6.45, 7) is 13.3. The number of benzene rings is 1. The summed E-state index contributed by atoms with van der Waals surface area (Å²) in [7, 11) is 0. The molecule has 0 aliphatic rings. The molecule has 1 aromatic rings. The van der Waals surface area contributed by atoms with Gasteiger partial charge >= 0.3 is 0 Å². The molecule has 0 unspecified atom stereocenters. The second kappa shape index (κ2) is 13.8. The molecule has 0 aromatic heterocycles. The first kappa shape index (κ1) is 24.8. The molecule has 0 amide bonds. The van der Waals surface area contributed by atoms with Crippen molar-refractivity contribution in [3.63, 3.8) is 0 Å². The average molecular weight is 421 g/mol. The van der Waals surface area contributed by atoms with E-state index in [0.717, 1.165) is 29.7 Å². The Morgan fingerprint density at radius 3 is 2.13 bits per heavy atom. The lowest BCUT2D eigenvalue weighted by Crippen LogP contribution is -2.00. The van der Waals surface area contributed by atoms with Crippen LogP contribution >= 0.6 is 0 Å². The number of phenols is 2. The minimum absolute atomic E-state index is 0.0182. The van der Waals surface area contributed by atoms with Gasteiger partial charge < -0.3 is 10.2 Å². The van der Waals surface area contributed by atoms with E-state index >= 15 is 0 Å². The standard InChI is InChI=1S/C28H48O2/c1-20(2)11-8-12-21(3)13-9-14-22(4)15-10-16-23(5)17-18-26-19-27(29)24(6)25(7)28(26)30/h17,19-22,29-30H,8-16,18H2,1-7H3/b23-17+/t21-,22-/m1/s1/i6+2T. The van der Waals surface area contributed by atoms with Crippen LogP contribution in [-0.4, -0.2) is 10.2 Å². The van der Waals surface area contributed by atoms with Crippen molar-refractivity contribution >= 4 is 0 Å². The van der Waals surface area contributed by atoms with Gasteiger partial charge in [0, 0.05) is 6.93 Å². The zero-order chi connectivity index (χ0) is 23.4. The van der Waals surface area contributed by atoms with Crippen LogP contribution in [0.25, 0.3) is 0 Å². The molecule has 1 aromatic carbocycles. The van der Waals surface area contributed by atoms with Crippen LogP contribution in [0.4, 0.5) is 0 Å². The molecule has 0 fully saturated rings. The van der Waals surface area contributed by atoms with Gasteiger partial charge in [-0.15, -0.1) is 0 Å². The average Bonchev–Trinajstić information content (AvgIpc) is 2.69. The normalized spacial score (nSPS) is 14.8. The molecule has 0 heterocycles. The van der Waals surface area contributed by atoms with Crippen LogP contribution in [0.3, 0.4) is 0 Å². The molecule has 0 radical (unpaired) electrons. The zero-order valence-electron chi connectivity index (χ0n) is 21.6. The van der Waals surface area contributed by atoms with Crippen molar-refractivity contribution in [1.29, 1.82) is 0 Å². The van der Waals surface area contributed by atoms with Crippen LogP contribution < -0.4 is 0 Å². The highest BCUT2D eigenvalue weighted by atomic mass is 16.3.